The number of nitrogens with zero attached hydrogens (tertiary/aromatic N) is 5. The Labute approximate surface area is 208 Å². The number of aryl methyl sites for hydroxylation is 2. The summed E-state index contributed by atoms with van der Waals surface area (Å²) in [5.41, 5.74) is 1.04. The number of aromatic amines is 1. The Hall–Kier alpha value is -4.21. The molecule has 10 heteroatoms. The predicted octanol–water partition coefficient (Wildman–Crippen LogP) is 2.23. The molecule has 2 aromatic carbocycles. The van der Waals surface area contributed by atoms with Gasteiger partial charge in [-0.15, -0.1) is 0 Å². The molecule has 4 aromatic rings. The number of ether oxygens (including phenoxy) is 2. The number of imidazole rings is 1. The molecule has 1 aliphatic rings. The summed E-state index contributed by atoms with van der Waals surface area (Å²) in [6.07, 6.45) is 0.682. The predicted molar refractivity (Wildman–Crippen MR) is 140 cm³/mol. The average Bonchev–Trinajstić information content (AvgIpc) is 3.31. The molecule has 0 spiro atoms. The van der Waals surface area contributed by atoms with Crippen molar-refractivity contribution >= 4 is 22.8 Å². The molecule has 2 aromatic heterocycles. The van der Waals surface area contributed by atoms with E-state index in [0.29, 0.717) is 36.7 Å². The molecule has 1 saturated heterocycles. The number of anilines is 2. The number of piperazine rings is 1. The second-order valence-electron chi connectivity index (χ2n) is 8.74. The van der Waals surface area contributed by atoms with Crippen molar-refractivity contribution in [1.82, 2.24) is 19.1 Å². The van der Waals surface area contributed by atoms with Crippen molar-refractivity contribution in [3.63, 3.8) is 0 Å². The van der Waals surface area contributed by atoms with Crippen LogP contribution in [0.3, 0.4) is 0 Å². The van der Waals surface area contributed by atoms with Crippen LogP contribution in [-0.4, -0.2) is 59.0 Å². The monoisotopic (exact) mass is 490 g/mol. The van der Waals surface area contributed by atoms with Gasteiger partial charge in [-0.3, -0.25) is 14.3 Å². The van der Waals surface area contributed by atoms with E-state index < -0.39 is 11.2 Å². The molecular weight excluding hydrogens is 460 g/mol. The van der Waals surface area contributed by atoms with Crippen LogP contribution >= 0.6 is 0 Å². The lowest BCUT2D eigenvalue weighted by Crippen LogP contribution is -2.47. The summed E-state index contributed by atoms with van der Waals surface area (Å²) in [6.45, 7) is 4.13. The van der Waals surface area contributed by atoms with Crippen molar-refractivity contribution in [2.24, 2.45) is 7.05 Å². The van der Waals surface area contributed by atoms with Gasteiger partial charge in [0.05, 0.1) is 13.7 Å². The van der Waals surface area contributed by atoms with Crippen molar-refractivity contribution < 1.29 is 9.47 Å². The molecule has 0 unspecified atom stereocenters. The molecule has 1 fully saturated rings. The van der Waals surface area contributed by atoms with E-state index in [4.69, 9.17) is 14.5 Å². The molecule has 36 heavy (non-hydrogen) atoms. The van der Waals surface area contributed by atoms with Crippen LogP contribution in [0.15, 0.2) is 64.2 Å². The summed E-state index contributed by atoms with van der Waals surface area (Å²) in [4.78, 5) is 36.7. The number of hydrogen-bond donors (Lipinski definition) is 1. The number of aromatic nitrogens is 4. The second-order valence-corrected chi connectivity index (χ2v) is 8.74. The van der Waals surface area contributed by atoms with Crippen LogP contribution in [0.4, 0.5) is 11.6 Å². The Morgan fingerprint density at radius 2 is 1.61 bits per heavy atom. The van der Waals surface area contributed by atoms with Crippen molar-refractivity contribution in [1.29, 1.82) is 0 Å². The van der Waals surface area contributed by atoms with Crippen LogP contribution in [0.2, 0.25) is 0 Å². The van der Waals surface area contributed by atoms with Crippen molar-refractivity contribution in [3.05, 3.63) is 75.4 Å². The summed E-state index contributed by atoms with van der Waals surface area (Å²) in [5.74, 6) is 2.34. The minimum atomic E-state index is -0.472. The third kappa shape index (κ3) is 4.66. The zero-order valence-electron chi connectivity index (χ0n) is 20.5. The van der Waals surface area contributed by atoms with Gasteiger partial charge in [-0.2, -0.15) is 4.98 Å². The number of para-hydroxylation sites is 1. The van der Waals surface area contributed by atoms with Gasteiger partial charge in [0.25, 0.3) is 5.56 Å². The smallest absolute Gasteiger partial charge is 0.329 e. The van der Waals surface area contributed by atoms with Gasteiger partial charge < -0.3 is 23.8 Å². The van der Waals surface area contributed by atoms with Gasteiger partial charge in [-0.05, 0) is 42.8 Å². The van der Waals surface area contributed by atoms with Gasteiger partial charge in [0.2, 0.25) is 5.95 Å². The minimum Gasteiger partial charge on any atom is -0.497 e. The van der Waals surface area contributed by atoms with Crippen LogP contribution in [0.5, 0.6) is 11.5 Å². The molecule has 3 heterocycles. The Balaban J connectivity index is 1.37. The fourth-order valence-electron chi connectivity index (χ4n) is 4.56. The summed E-state index contributed by atoms with van der Waals surface area (Å²) < 4.78 is 14.4. The van der Waals surface area contributed by atoms with E-state index in [2.05, 4.69) is 26.9 Å². The fourth-order valence-corrected chi connectivity index (χ4v) is 4.56. The maximum atomic E-state index is 12.8. The molecule has 0 amide bonds. The van der Waals surface area contributed by atoms with Gasteiger partial charge in [0.1, 0.15) is 11.5 Å². The molecule has 188 valence electrons. The lowest BCUT2D eigenvalue weighted by atomic mass is 10.2. The van der Waals surface area contributed by atoms with Crippen LogP contribution in [-0.2, 0) is 13.6 Å². The molecule has 10 nitrogen and oxygen atoms in total. The van der Waals surface area contributed by atoms with Crippen molar-refractivity contribution in [2.45, 2.75) is 13.0 Å². The second kappa shape index (κ2) is 10.2. The minimum absolute atomic E-state index is 0.389. The van der Waals surface area contributed by atoms with Gasteiger partial charge in [0.15, 0.2) is 11.2 Å². The highest BCUT2D eigenvalue weighted by Gasteiger charge is 2.25. The van der Waals surface area contributed by atoms with Crippen molar-refractivity contribution in [2.75, 3.05) is 49.7 Å². The van der Waals surface area contributed by atoms with E-state index in [1.54, 1.807) is 14.2 Å². The highest BCUT2D eigenvalue weighted by atomic mass is 16.5. The number of fused-ring (bicyclic) bond motifs is 1. The zero-order chi connectivity index (χ0) is 25.1. The number of hydrogen-bond acceptors (Lipinski definition) is 7. The molecule has 1 aliphatic heterocycles. The largest absolute Gasteiger partial charge is 0.497 e. The molecule has 0 radical (unpaired) electrons. The van der Waals surface area contributed by atoms with Crippen LogP contribution in [0.25, 0.3) is 11.2 Å². The molecule has 0 aliphatic carbocycles. The topological polar surface area (TPSA) is 97.6 Å². The van der Waals surface area contributed by atoms with Crippen LogP contribution < -0.4 is 30.5 Å². The van der Waals surface area contributed by atoms with Gasteiger partial charge in [-0.25, -0.2) is 4.79 Å². The number of rotatable bonds is 8. The molecule has 0 bridgehead atoms. The maximum Gasteiger partial charge on any atom is 0.329 e. The van der Waals surface area contributed by atoms with E-state index in [9.17, 15) is 9.59 Å². The van der Waals surface area contributed by atoms with E-state index >= 15 is 0 Å². The average molecular weight is 491 g/mol. The Morgan fingerprint density at radius 3 is 2.31 bits per heavy atom. The highest BCUT2D eigenvalue weighted by molar-refractivity contribution is 5.74. The third-order valence-corrected chi connectivity index (χ3v) is 6.53. The summed E-state index contributed by atoms with van der Waals surface area (Å²) in [5, 5.41) is 0. The normalized spacial score (nSPS) is 13.8. The van der Waals surface area contributed by atoms with Gasteiger partial charge in [0, 0.05) is 45.5 Å². The van der Waals surface area contributed by atoms with Crippen LogP contribution in [0.1, 0.15) is 6.42 Å². The zero-order valence-corrected chi connectivity index (χ0v) is 20.5. The first-order valence-corrected chi connectivity index (χ1v) is 12.1. The molecule has 1 N–H and O–H groups in total. The van der Waals surface area contributed by atoms with Gasteiger partial charge >= 0.3 is 5.69 Å². The highest BCUT2D eigenvalue weighted by Crippen LogP contribution is 2.25. The van der Waals surface area contributed by atoms with E-state index in [-0.39, 0.29) is 0 Å². The quantitative estimate of drug-likeness (QED) is 0.378. The third-order valence-electron chi connectivity index (χ3n) is 6.53. The lowest BCUT2D eigenvalue weighted by molar-refractivity contribution is 0.302. The number of nitrogens with one attached hydrogen (secondary N) is 1. The van der Waals surface area contributed by atoms with Gasteiger partial charge in [-0.1, -0.05) is 18.2 Å². The Bertz CT molecular complexity index is 1430. The van der Waals surface area contributed by atoms with Crippen LogP contribution in [0, 0.1) is 0 Å². The standard InChI is InChI=1S/C26H30N6O4/c1-29-23-22(24(33)28-26(29)34)32(13-6-18-36-21-7-4-3-5-8-21)25(27-23)31-16-14-30(15-17-31)19-9-11-20(35-2)12-10-19/h3-5,7-12H,6,13-18H2,1-2H3,(H,28,33,34). The Morgan fingerprint density at radius 1 is 0.917 bits per heavy atom. The van der Waals surface area contributed by atoms with E-state index in [0.717, 1.165) is 43.4 Å². The molecular formula is C26H30N6O4. The van der Waals surface area contributed by atoms with Crippen molar-refractivity contribution in [3.8, 4) is 11.5 Å². The summed E-state index contributed by atoms with van der Waals surface area (Å²) in [6, 6.07) is 17.7. The fraction of sp³-hybridized carbons (Fsp3) is 0.346. The maximum absolute atomic E-state index is 12.8. The first-order valence-electron chi connectivity index (χ1n) is 12.1. The number of benzene rings is 2. The Kier molecular flexibility index (Phi) is 6.66. The SMILES string of the molecule is COc1ccc(N2CCN(c3nc4c(c(=O)[nH]c(=O)n4C)n3CCCOc3ccccc3)CC2)cc1. The number of H-pyrrole nitrogens is 1. The molecule has 0 atom stereocenters. The van der Waals surface area contributed by atoms with E-state index in [1.165, 1.54) is 4.57 Å². The summed E-state index contributed by atoms with van der Waals surface area (Å²) >= 11 is 0. The first kappa shape index (κ1) is 23.5. The van der Waals surface area contributed by atoms with E-state index in [1.807, 2.05) is 47.0 Å². The first-order chi connectivity index (χ1) is 17.5. The molecule has 5 rings (SSSR count). The number of methoxy groups -OCH3 is 1. The summed E-state index contributed by atoms with van der Waals surface area (Å²) in [7, 11) is 3.29. The molecule has 0 saturated carbocycles. The lowest BCUT2D eigenvalue weighted by Gasteiger charge is -2.36.